The zero-order valence-electron chi connectivity index (χ0n) is 17.7. The minimum atomic E-state index is -0.537. The maximum absolute atomic E-state index is 11.9. The molecule has 29 heavy (non-hydrogen) atoms. The molecule has 2 aromatic rings. The second kappa shape index (κ2) is 9.96. The highest BCUT2D eigenvalue weighted by atomic mass is 16.6. The number of anilines is 1. The van der Waals surface area contributed by atoms with E-state index in [1.807, 2.05) is 69.3 Å². The first-order chi connectivity index (χ1) is 13.7. The minimum absolute atomic E-state index is 0.102. The predicted octanol–water partition coefficient (Wildman–Crippen LogP) is 5.13. The van der Waals surface area contributed by atoms with Crippen molar-refractivity contribution in [1.82, 2.24) is 0 Å². The summed E-state index contributed by atoms with van der Waals surface area (Å²) in [5, 5.41) is 2.73. The summed E-state index contributed by atoms with van der Waals surface area (Å²) < 4.78 is 15.5. The van der Waals surface area contributed by atoms with Crippen LogP contribution in [0.25, 0.3) is 0 Å². The van der Waals surface area contributed by atoms with Crippen molar-refractivity contribution in [2.75, 3.05) is 18.5 Å². The SMILES string of the molecule is CCOC(=O)COc1ccc(C(C)c2ccc(NC(=O)OC(C)(C)C)cc2)cc1. The Morgan fingerprint density at radius 2 is 1.52 bits per heavy atom. The summed E-state index contributed by atoms with van der Waals surface area (Å²) >= 11 is 0. The number of hydrogen-bond acceptors (Lipinski definition) is 5. The van der Waals surface area contributed by atoms with Crippen LogP contribution in [0, 0.1) is 0 Å². The summed E-state index contributed by atoms with van der Waals surface area (Å²) in [7, 11) is 0. The third kappa shape index (κ3) is 7.49. The normalized spacial score (nSPS) is 12.0. The topological polar surface area (TPSA) is 73.9 Å². The first-order valence-corrected chi connectivity index (χ1v) is 9.66. The molecule has 0 aliphatic rings. The fourth-order valence-electron chi connectivity index (χ4n) is 2.67. The summed E-state index contributed by atoms with van der Waals surface area (Å²) in [6.07, 6.45) is -0.475. The van der Waals surface area contributed by atoms with Crippen LogP contribution >= 0.6 is 0 Å². The number of esters is 1. The highest BCUT2D eigenvalue weighted by Gasteiger charge is 2.16. The standard InChI is InChI=1S/C23H29NO5/c1-6-27-21(25)15-28-20-13-9-18(10-14-20)16(2)17-7-11-19(12-8-17)24-22(26)29-23(3,4)5/h7-14,16H,6,15H2,1-5H3,(H,24,26). The van der Waals surface area contributed by atoms with Gasteiger partial charge in [-0.2, -0.15) is 0 Å². The van der Waals surface area contributed by atoms with Crippen LogP contribution in [0.1, 0.15) is 51.7 Å². The molecule has 0 heterocycles. The number of nitrogens with one attached hydrogen (secondary N) is 1. The van der Waals surface area contributed by atoms with Gasteiger partial charge in [0.1, 0.15) is 11.4 Å². The fraction of sp³-hybridized carbons (Fsp3) is 0.391. The Morgan fingerprint density at radius 1 is 0.966 bits per heavy atom. The molecule has 156 valence electrons. The molecular formula is C23H29NO5. The van der Waals surface area contributed by atoms with Crippen LogP contribution in [0.2, 0.25) is 0 Å². The van der Waals surface area contributed by atoms with Crippen molar-refractivity contribution in [2.24, 2.45) is 0 Å². The third-order valence-corrected chi connectivity index (χ3v) is 4.10. The lowest BCUT2D eigenvalue weighted by atomic mass is 9.93. The average Bonchev–Trinajstić information content (AvgIpc) is 2.65. The molecule has 1 amide bonds. The molecule has 2 aromatic carbocycles. The van der Waals surface area contributed by atoms with Crippen LogP contribution in [0.15, 0.2) is 48.5 Å². The smallest absolute Gasteiger partial charge is 0.412 e. The molecule has 6 heteroatoms. The number of amides is 1. The first kappa shape index (κ1) is 22.3. The van der Waals surface area contributed by atoms with Crippen LogP contribution in [0.5, 0.6) is 5.75 Å². The number of carbonyl (C=O) groups excluding carboxylic acids is 2. The monoisotopic (exact) mass is 399 g/mol. The van der Waals surface area contributed by atoms with E-state index in [1.165, 1.54) is 0 Å². The second-order valence-electron chi connectivity index (χ2n) is 7.63. The Balaban J connectivity index is 1.95. The van der Waals surface area contributed by atoms with Crippen molar-refractivity contribution in [1.29, 1.82) is 0 Å². The van der Waals surface area contributed by atoms with Crippen molar-refractivity contribution < 1.29 is 23.8 Å². The van der Waals surface area contributed by atoms with E-state index in [4.69, 9.17) is 14.2 Å². The maximum atomic E-state index is 11.9. The molecule has 0 spiro atoms. The molecule has 1 N–H and O–H groups in total. The van der Waals surface area contributed by atoms with E-state index < -0.39 is 11.7 Å². The number of hydrogen-bond donors (Lipinski definition) is 1. The van der Waals surface area contributed by atoms with Gasteiger partial charge < -0.3 is 14.2 Å². The number of carbonyl (C=O) groups is 2. The van der Waals surface area contributed by atoms with Crippen LogP contribution in [0.3, 0.4) is 0 Å². The van der Waals surface area contributed by atoms with E-state index in [-0.39, 0.29) is 18.5 Å². The van der Waals surface area contributed by atoms with Crippen molar-refractivity contribution in [3.63, 3.8) is 0 Å². The van der Waals surface area contributed by atoms with Gasteiger partial charge in [-0.25, -0.2) is 9.59 Å². The lowest BCUT2D eigenvalue weighted by Gasteiger charge is -2.20. The van der Waals surface area contributed by atoms with Crippen LogP contribution in [0.4, 0.5) is 10.5 Å². The van der Waals surface area contributed by atoms with Crippen molar-refractivity contribution in [3.05, 3.63) is 59.7 Å². The molecular weight excluding hydrogens is 370 g/mol. The van der Waals surface area contributed by atoms with Gasteiger partial charge >= 0.3 is 12.1 Å². The largest absolute Gasteiger partial charge is 0.482 e. The zero-order valence-corrected chi connectivity index (χ0v) is 17.7. The minimum Gasteiger partial charge on any atom is -0.482 e. The van der Waals surface area contributed by atoms with Gasteiger partial charge in [0.2, 0.25) is 0 Å². The van der Waals surface area contributed by atoms with Gasteiger partial charge in [0, 0.05) is 11.6 Å². The molecule has 0 bridgehead atoms. The number of ether oxygens (including phenoxy) is 3. The number of rotatable bonds is 7. The summed E-state index contributed by atoms with van der Waals surface area (Å²) in [5.41, 5.74) is 2.37. The van der Waals surface area contributed by atoms with Gasteiger partial charge in [-0.3, -0.25) is 5.32 Å². The Bertz CT molecular complexity index is 807. The summed E-state index contributed by atoms with van der Waals surface area (Å²) in [6, 6.07) is 15.3. The molecule has 0 saturated carbocycles. The van der Waals surface area contributed by atoms with Gasteiger partial charge in [0.15, 0.2) is 6.61 Å². The molecule has 1 atom stereocenters. The van der Waals surface area contributed by atoms with Crippen molar-refractivity contribution in [2.45, 2.75) is 46.1 Å². The van der Waals surface area contributed by atoms with Gasteiger partial charge in [-0.05, 0) is 63.1 Å². The molecule has 0 aliphatic heterocycles. The van der Waals surface area contributed by atoms with Gasteiger partial charge in [0.05, 0.1) is 6.61 Å². The quantitative estimate of drug-likeness (QED) is 0.654. The number of benzene rings is 2. The van der Waals surface area contributed by atoms with Crippen molar-refractivity contribution in [3.8, 4) is 5.75 Å². The van der Waals surface area contributed by atoms with E-state index in [1.54, 1.807) is 6.92 Å². The van der Waals surface area contributed by atoms with E-state index in [2.05, 4.69) is 12.2 Å². The molecule has 1 unspecified atom stereocenters. The Morgan fingerprint density at radius 3 is 2.03 bits per heavy atom. The lowest BCUT2D eigenvalue weighted by Crippen LogP contribution is -2.27. The molecule has 0 saturated heterocycles. The van der Waals surface area contributed by atoms with Crippen molar-refractivity contribution >= 4 is 17.7 Å². The predicted molar refractivity (Wildman–Crippen MR) is 112 cm³/mol. The molecule has 2 rings (SSSR count). The molecule has 0 radical (unpaired) electrons. The Kier molecular flexibility index (Phi) is 7.65. The molecule has 6 nitrogen and oxygen atoms in total. The van der Waals surface area contributed by atoms with Crippen LogP contribution in [-0.4, -0.2) is 30.9 Å². The summed E-state index contributed by atoms with van der Waals surface area (Å²) in [6.45, 7) is 9.57. The highest BCUT2D eigenvalue weighted by Crippen LogP contribution is 2.27. The van der Waals surface area contributed by atoms with Crippen LogP contribution in [-0.2, 0) is 14.3 Å². The highest BCUT2D eigenvalue weighted by molar-refractivity contribution is 5.84. The summed E-state index contributed by atoms with van der Waals surface area (Å²) in [5.74, 6) is 0.389. The summed E-state index contributed by atoms with van der Waals surface area (Å²) in [4.78, 5) is 23.2. The van der Waals surface area contributed by atoms with Gasteiger partial charge in [-0.1, -0.05) is 31.2 Å². The van der Waals surface area contributed by atoms with E-state index >= 15 is 0 Å². The van der Waals surface area contributed by atoms with Gasteiger partial charge in [0.25, 0.3) is 0 Å². The lowest BCUT2D eigenvalue weighted by molar-refractivity contribution is -0.145. The maximum Gasteiger partial charge on any atom is 0.412 e. The molecule has 0 fully saturated rings. The van der Waals surface area contributed by atoms with E-state index in [0.29, 0.717) is 18.0 Å². The Labute approximate surface area is 172 Å². The molecule has 0 aromatic heterocycles. The zero-order chi connectivity index (χ0) is 21.4. The van der Waals surface area contributed by atoms with Gasteiger partial charge in [-0.15, -0.1) is 0 Å². The first-order valence-electron chi connectivity index (χ1n) is 9.66. The third-order valence-electron chi connectivity index (χ3n) is 4.10. The van der Waals surface area contributed by atoms with E-state index in [9.17, 15) is 9.59 Å². The second-order valence-corrected chi connectivity index (χ2v) is 7.63. The molecule has 0 aliphatic carbocycles. The van der Waals surface area contributed by atoms with Crippen LogP contribution < -0.4 is 10.1 Å². The average molecular weight is 399 g/mol. The Hall–Kier alpha value is -3.02. The van der Waals surface area contributed by atoms with E-state index in [0.717, 1.165) is 11.1 Å². The fourth-order valence-corrected chi connectivity index (χ4v) is 2.67.